The van der Waals surface area contributed by atoms with Gasteiger partial charge in [-0.25, -0.2) is 14.5 Å². The fourth-order valence-electron chi connectivity index (χ4n) is 5.03. The third kappa shape index (κ3) is 3.58. The highest BCUT2D eigenvalue weighted by molar-refractivity contribution is 6.33. The van der Waals surface area contributed by atoms with Gasteiger partial charge in [0.25, 0.3) is 0 Å². The molecule has 0 saturated carbocycles. The number of ether oxygens (including phenoxy) is 2. The summed E-state index contributed by atoms with van der Waals surface area (Å²) >= 11 is 6.43. The number of methoxy groups -OCH3 is 1. The van der Waals surface area contributed by atoms with Gasteiger partial charge in [0.05, 0.1) is 17.7 Å². The number of Topliss-reactive ketones (excluding diaryl/α,β-unsaturated/α-hetero) is 1. The van der Waals surface area contributed by atoms with Gasteiger partial charge in [-0.15, -0.1) is 5.10 Å². The van der Waals surface area contributed by atoms with Crippen LogP contribution in [0.5, 0.6) is 11.6 Å². The number of carbonyl (C=O) groups excluding carboxylic acids is 1. The topological polar surface area (TPSA) is 78.6 Å². The van der Waals surface area contributed by atoms with Gasteiger partial charge in [-0.2, -0.15) is 0 Å². The molecule has 0 amide bonds. The van der Waals surface area contributed by atoms with E-state index in [1.807, 2.05) is 42.5 Å². The molecule has 1 atom stereocenters. The summed E-state index contributed by atoms with van der Waals surface area (Å²) in [7, 11) is 1.63. The summed E-state index contributed by atoms with van der Waals surface area (Å²) in [4.78, 5) is 23.0. The van der Waals surface area contributed by atoms with Crippen LogP contribution in [0.15, 0.2) is 66.2 Å². The van der Waals surface area contributed by atoms with Crippen molar-refractivity contribution in [2.75, 3.05) is 7.11 Å². The summed E-state index contributed by atoms with van der Waals surface area (Å²) in [5, 5.41) is 5.19. The van der Waals surface area contributed by atoms with Crippen LogP contribution < -0.4 is 9.47 Å². The fourth-order valence-corrected chi connectivity index (χ4v) is 5.25. The van der Waals surface area contributed by atoms with Gasteiger partial charge in [-0.1, -0.05) is 49.7 Å². The highest BCUT2D eigenvalue weighted by atomic mass is 35.5. The number of allylic oxidation sites excluding steroid dienone is 2. The van der Waals surface area contributed by atoms with Crippen molar-refractivity contribution in [1.29, 1.82) is 0 Å². The van der Waals surface area contributed by atoms with Crippen LogP contribution in [0, 0.1) is 5.41 Å². The first kappa shape index (κ1) is 21.8. The largest absolute Gasteiger partial charge is 0.497 e. The van der Waals surface area contributed by atoms with E-state index in [2.05, 4.69) is 23.9 Å². The second-order valence-corrected chi connectivity index (χ2v) is 10.1. The van der Waals surface area contributed by atoms with Crippen molar-refractivity contribution in [3.05, 3.63) is 82.3 Å². The minimum absolute atomic E-state index is 0.0792. The number of hydrogen-bond donors (Lipinski definition) is 0. The predicted molar refractivity (Wildman–Crippen MR) is 132 cm³/mol. The zero-order valence-corrected chi connectivity index (χ0v) is 20.3. The molecule has 7 nitrogen and oxygen atoms in total. The second kappa shape index (κ2) is 7.92. The Labute approximate surface area is 207 Å². The zero-order chi connectivity index (χ0) is 24.3. The molecular formula is C27H23ClN4O3. The standard InChI is InChI=1S/C27H23ClN4O3/c1-27(2)12-19(33)22-20(13-27)35-26-23(21(22)15-8-10-16(34-3)11-9-15)25-30-24(31-32(25)14-29-26)17-6-4-5-7-18(17)28/h4-11,14,21H,12-13H2,1-3H3/t21-/m0/s1. The van der Waals surface area contributed by atoms with Crippen molar-refractivity contribution in [3.63, 3.8) is 0 Å². The molecule has 35 heavy (non-hydrogen) atoms. The van der Waals surface area contributed by atoms with Crippen LogP contribution in [-0.2, 0) is 4.79 Å². The van der Waals surface area contributed by atoms with Crippen molar-refractivity contribution >= 4 is 23.0 Å². The molecule has 0 spiro atoms. The van der Waals surface area contributed by atoms with E-state index in [1.165, 1.54) is 0 Å². The number of benzene rings is 2. The monoisotopic (exact) mass is 486 g/mol. The van der Waals surface area contributed by atoms with Crippen molar-refractivity contribution in [2.24, 2.45) is 5.41 Å². The van der Waals surface area contributed by atoms with Gasteiger partial charge < -0.3 is 9.47 Å². The zero-order valence-electron chi connectivity index (χ0n) is 19.6. The van der Waals surface area contributed by atoms with E-state index in [-0.39, 0.29) is 17.1 Å². The molecule has 6 rings (SSSR count). The first-order chi connectivity index (χ1) is 16.8. The van der Waals surface area contributed by atoms with Crippen molar-refractivity contribution in [3.8, 4) is 23.0 Å². The Balaban J connectivity index is 1.60. The Kier molecular flexibility index (Phi) is 4.93. The van der Waals surface area contributed by atoms with E-state index in [9.17, 15) is 4.79 Å². The SMILES string of the molecule is COc1ccc([C@H]2C3=C(CC(C)(C)CC3=O)Oc3ncn4nc(-c5ccccc5Cl)nc4c32)cc1. The van der Waals surface area contributed by atoms with Gasteiger partial charge in [0.15, 0.2) is 17.3 Å². The average molecular weight is 487 g/mol. The van der Waals surface area contributed by atoms with E-state index < -0.39 is 0 Å². The maximum atomic E-state index is 13.5. The van der Waals surface area contributed by atoms with E-state index in [0.29, 0.717) is 46.5 Å². The molecule has 176 valence electrons. The normalized spacial score (nSPS) is 18.7. The minimum Gasteiger partial charge on any atom is -0.497 e. The molecule has 3 heterocycles. The highest BCUT2D eigenvalue weighted by Gasteiger charge is 2.44. The number of hydrogen-bond acceptors (Lipinski definition) is 6. The number of fused-ring (bicyclic) bond motifs is 3. The molecule has 1 aliphatic heterocycles. The Hall–Kier alpha value is -3.71. The fraction of sp³-hybridized carbons (Fsp3) is 0.259. The lowest BCUT2D eigenvalue weighted by Gasteiger charge is -2.37. The number of rotatable bonds is 3. The van der Waals surface area contributed by atoms with Gasteiger partial charge in [0.2, 0.25) is 5.88 Å². The molecule has 2 aromatic heterocycles. The summed E-state index contributed by atoms with van der Waals surface area (Å²) in [6.45, 7) is 4.17. The average Bonchev–Trinajstić information content (AvgIpc) is 3.26. The van der Waals surface area contributed by atoms with Crippen molar-refractivity contribution in [2.45, 2.75) is 32.6 Å². The second-order valence-electron chi connectivity index (χ2n) is 9.73. The lowest BCUT2D eigenvalue weighted by Crippen LogP contribution is -2.33. The highest BCUT2D eigenvalue weighted by Crippen LogP contribution is 2.50. The predicted octanol–water partition coefficient (Wildman–Crippen LogP) is 5.62. The Morgan fingerprint density at radius 1 is 1.11 bits per heavy atom. The molecule has 1 aliphatic carbocycles. The molecule has 0 unspecified atom stereocenters. The van der Waals surface area contributed by atoms with Gasteiger partial charge >= 0.3 is 0 Å². The number of aromatic nitrogens is 4. The van der Waals surface area contributed by atoms with Crippen LogP contribution in [0.2, 0.25) is 5.02 Å². The molecule has 0 saturated heterocycles. The van der Waals surface area contributed by atoms with Crippen molar-refractivity contribution in [1.82, 2.24) is 19.6 Å². The maximum Gasteiger partial charge on any atom is 0.228 e. The number of carbonyl (C=O) groups is 1. The molecule has 0 fully saturated rings. The first-order valence-corrected chi connectivity index (χ1v) is 11.8. The maximum absolute atomic E-state index is 13.5. The van der Waals surface area contributed by atoms with E-state index >= 15 is 0 Å². The van der Waals surface area contributed by atoms with Crippen LogP contribution in [0.3, 0.4) is 0 Å². The number of nitrogens with zero attached hydrogens (tertiary/aromatic N) is 4. The van der Waals surface area contributed by atoms with Crippen molar-refractivity contribution < 1.29 is 14.3 Å². The summed E-state index contributed by atoms with van der Waals surface area (Å²) in [5.74, 6) is 2.04. The Bertz CT molecular complexity index is 1520. The Morgan fingerprint density at radius 2 is 1.89 bits per heavy atom. The minimum atomic E-state index is -0.386. The lowest BCUT2D eigenvalue weighted by molar-refractivity contribution is -0.118. The summed E-state index contributed by atoms with van der Waals surface area (Å²) in [6, 6.07) is 15.2. The summed E-state index contributed by atoms with van der Waals surface area (Å²) in [6.07, 6.45) is 2.70. The van der Waals surface area contributed by atoms with Crippen LogP contribution in [0.25, 0.3) is 17.0 Å². The van der Waals surface area contributed by atoms with Crippen LogP contribution in [0.4, 0.5) is 0 Å². The van der Waals surface area contributed by atoms with E-state index in [0.717, 1.165) is 22.4 Å². The number of ketones is 1. The molecule has 0 N–H and O–H groups in total. The molecule has 0 bridgehead atoms. The summed E-state index contributed by atoms with van der Waals surface area (Å²) < 4.78 is 13.3. The molecule has 2 aliphatic rings. The van der Waals surface area contributed by atoms with Gasteiger partial charge in [0.1, 0.15) is 17.8 Å². The third-order valence-electron chi connectivity index (χ3n) is 6.63. The number of halogens is 1. The quantitative estimate of drug-likeness (QED) is 0.374. The summed E-state index contributed by atoms with van der Waals surface area (Å²) in [5.41, 5.74) is 3.44. The molecule has 4 aromatic rings. The molecule has 8 heteroatoms. The molecular weight excluding hydrogens is 464 g/mol. The third-order valence-corrected chi connectivity index (χ3v) is 6.96. The van der Waals surface area contributed by atoms with Gasteiger partial charge in [0, 0.05) is 29.9 Å². The van der Waals surface area contributed by atoms with Gasteiger partial charge in [-0.05, 0) is 35.2 Å². The lowest BCUT2D eigenvalue weighted by atomic mass is 9.70. The molecule has 2 aromatic carbocycles. The van der Waals surface area contributed by atoms with E-state index in [1.54, 1.807) is 24.0 Å². The Morgan fingerprint density at radius 3 is 2.63 bits per heavy atom. The molecule has 0 radical (unpaired) electrons. The van der Waals surface area contributed by atoms with Crippen LogP contribution in [-0.4, -0.2) is 32.5 Å². The van der Waals surface area contributed by atoms with Crippen LogP contribution in [0.1, 0.15) is 43.7 Å². The van der Waals surface area contributed by atoms with Gasteiger partial charge in [-0.3, -0.25) is 4.79 Å². The first-order valence-electron chi connectivity index (χ1n) is 11.4. The smallest absolute Gasteiger partial charge is 0.228 e. The van der Waals surface area contributed by atoms with E-state index in [4.69, 9.17) is 26.1 Å². The van der Waals surface area contributed by atoms with Crippen LogP contribution >= 0.6 is 11.6 Å².